The molecule has 1 amide bonds. The summed E-state index contributed by atoms with van der Waals surface area (Å²) in [6.07, 6.45) is 6.70. The zero-order chi connectivity index (χ0) is 16.8. The van der Waals surface area contributed by atoms with Gasteiger partial charge in [0.2, 0.25) is 5.91 Å². The molecule has 3 rings (SSSR count). The molecule has 4 heteroatoms. The van der Waals surface area contributed by atoms with Crippen LogP contribution in [0.1, 0.15) is 44.2 Å². The molecule has 1 aromatic heterocycles. The maximum atomic E-state index is 12.1. The second-order valence-electron chi connectivity index (χ2n) is 6.73. The number of benzene rings is 1. The van der Waals surface area contributed by atoms with E-state index in [1.165, 1.54) is 29.4 Å². The molecule has 0 spiro atoms. The quantitative estimate of drug-likeness (QED) is 0.749. The van der Waals surface area contributed by atoms with Crippen molar-refractivity contribution in [3.05, 3.63) is 36.0 Å². The fraction of sp³-hybridized carbons (Fsp3) is 0.550. The largest absolute Gasteiger partial charge is 0.378 e. The molecule has 1 saturated heterocycles. The van der Waals surface area contributed by atoms with Crippen LogP contribution in [0.2, 0.25) is 0 Å². The van der Waals surface area contributed by atoms with E-state index >= 15 is 0 Å². The molecule has 1 aliphatic rings. The van der Waals surface area contributed by atoms with E-state index in [1.54, 1.807) is 0 Å². The third-order valence-electron chi connectivity index (χ3n) is 4.88. The average Bonchev–Trinajstić information content (AvgIpc) is 3.19. The smallest absolute Gasteiger partial charge is 0.221 e. The first-order chi connectivity index (χ1) is 11.7. The van der Waals surface area contributed by atoms with E-state index < -0.39 is 0 Å². The highest BCUT2D eigenvalue weighted by molar-refractivity contribution is 5.81. The molecule has 24 heavy (non-hydrogen) atoms. The number of nitrogens with zero attached hydrogens (tertiary/aromatic N) is 1. The number of unbranched alkanes of at least 4 members (excludes halogenated alkanes) is 1. The Kier molecular flexibility index (Phi) is 5.91. The molecule has 1 N–H and O–H groups in total. The van der Waals surface area contributed by atoms with Gasteiger partial charge in [-0.05, 0) is 56.5 Å². The van der Waals surface area contributed by atoms with Gasteiger partial charge in [0.25, 0.3) is 0 Å². The van der Waals surface area contributed by atoms with Crippen LogP contribution >= 0.6 is 0 Å². The van der Waals surface area contributed by atoms with Crippen molar-refractivity contribution in [1.29, 1.82) is 0 Å². The van der Waals surface area contributed by atoms with E-state index in [9.17, 15) is 4.79 Å². The first-order valence-corrected chi connectivity index (χ1v) is 9.17. The van der Waals surface area contributed by atoms with E-state index in [4.69, 9.17) is 4.74 Å². The molecule has 2 heterocycles. The van der Waals surface area contributed by atoms with Crippen LogP contribution in [0.3, 0.4) is 0 Å². The van der Waals surface area contributed by atoms with Gasteiger partial charge in [-0.2, -0.15) is 0 Å². The molecule has 0 radical (unpaired) electrons. The van der Waals surface area contributed by atoms with E-state index in [0.29, 0.717) is 12.5 Å². The normalized spacial score (nSPS) is 17.5. The van der Waals surface area contributed by atoms with Crippen LogP contribution in [0, 0.1) is 6.92 Å². The van der Waals surface area contributed by atoms with Gasteiger partial charge < -0.3 is 14.6 Å². The zero-order valence-electron chi connectivity index (χ0n) is 14.6. The number of aromatic nitrogens is 1. The summed E-state index contributed by atoms with van der Waals surface area (Å²) in [5.74, 6) is 0.143. The standard InChI is InChI=1S/C20H28N2O2/c1-16-15-17-7-2-3-10-19(17)22(16)13-11-20(23)21-12-5-4-8-18-9-6-14-24-18/h2-3,7,10,15,18H,4-6,8-9,11-14H2,1H3,(H,21,23). The van der Waals surface area contributed by atoms with Gasteiger partial charge in [0.15, 0.2) is 0 Å². The zero-order valence-corrected chi connectivity index (χ0v) is 14.6. The number of rotatable bonds is 8. The highest BCUT2D eigenvalue weighted by Crippen LogP contribution is 2.19. The summed E-state index contributed by atoms with van der Waals surface area (Å²) in [6.45, 7) is 4.54. The summed E-state index contributed by atoms with van der Waals surface area (Å²) >= 11 is 0. The SMILES string of the molecule is Cc1cc2ccccc2n1CCC(=O)NCCCCC1CCCO1. The Morgan fingerprint density at radius 1 is 1.33 bits per heavy atom. The fourth-order valence-electron chi connectivity index (χ4n) is 3.54. The van der Waals surface area contributed by atoms with Crippen molar-refractivity contribution in [2.75, 3.05) is 13.2 Å². The van der Waals surface area contributed by atoms with Gasteiger partial charge in [0.05, 0.1) is 6.10 Å². The lowest BCUT2D eigenvalue weighted by atomic mass is 10.1. The number of hydrogen-bond acceptors (Lipinski definition) is 2. The lowest BCUT2D eigenvalue weighted by Crippen LogP contribution is -2.25. The molecular formula is C20H28N2O2. The summed E-state index contributed by atoms with van der Waals surface area (Å²) < 4.78 is 7.85. The second kappa shape index (κ2) is 8.34. The number of nitrogens with one attached hydrogen (secondary N) is 1. The van der Waals surface area contributed by atoms with Crippen LogP contribution in [-0.4, -0.2) is 29.7 Å². The highest BCUT2D eigenvalue weighted by Gasteiger charge is 2.14. The van der Waals surface area contributed by atoms with Gasteiger partial charge >= 0.3 is 0 Å². The second-order valence-corrected chi connectivity index (χ2v) is 6.73. The summed E-state index contributed by atoms with van der Waals surface area (Å²) in [6, 6.07) is 10.5. The molecule has 0 aliphatic carbocycles. The Morgan fingerprint density at radius 3 is 3.04 bits per heavy atom. The van der Waals surface area contributed by atoms with Gasteiger partial charge in [-0.1, -0.05) is 18.2 Å². The number of carbonyl (C=O) groups excluding carboxylic acids is 1. The summed E-state index contributed by atoms with van der Waals surface area (Å²) in [5, 5.41) is 4.29. The van der Waals surface area contributed by atoms with Crippen LogP contribution in [0.25, 0.3) is 10.9 Å². The molecule has 130 valence electrons. The predicted molar refractivity (Wildman–Crippen MR) is 97.1 cm³/mol. The Balaban J connectivity index is 1.36. The van der Waals surface area contributed by atoms with Crippen molar-refractivity contribution in [3.63, 3.8) is 0 Å². The number of amides is 1. The topological polar surface area (TPSA) is 43.3 Å². The maximum absolute atomic E-state index is 12.1. The number of carbonyl (C=O) groups is 1. The first kappa shape index (κ1) is 17.0. The van der Waals surface area contributed by atoms with E-state index in [1.807, 2.05) is 6.07 Å². The van der Waals surface area contributed by atoms with Gasteiger partial charge in [-0.25, -0.2) is 0 Å². The number of hydrogen-bond donors (Lipinski definition) is 1. The first-order valence-electron chi connectivity index (χ1n) is 9.17. The van der Waals surface area contributed by atoms with Crippen LogP contribution in [0.15, 0.2) is 30.3 Å². The molecule has 1 aromatic carbocycles. The Hall–Kier alpha value is -1.81. The lowest BCUT2D eigenvalue weighted by Gasteiger charge is -2.10. The van der Waals surface area contributed by atoms with Gasteiger partial charge in [-0.15, -0.1) is 0 Å². The molecule has 1 fully saturated rings. The van der Waals surface area contributed by atoms with Gasteiger partial charge in [0.1, 0.15) is 0 Å². The van der Waals surface area contributed by atoms with Crippen molar-refractivity contribution >= 4 is 16.8 Å². The highest BCUT2D eigenvalue weighted by atomic mass is 16.5. The molecule has 1 aliphatic heterocycles. The van der Waals surface area contributed by atoms with Gasteiger partial charge in [0, 0.05) is 37.3 Å². The minimum atomic E-state index is 0.143. The molecule has 0 saturated carbocycles. The third kappa shape index (κ3) is 4.38. The summed E-state index contributed by atoms with van der Waals surface area (Å²) in [4.78, 5) is 12.1. The Morgan fingerprint density at radius 2 is 2.21 bits per heavy atom. The van der Waals surface area contributed by atoms with Crippen LogP contribution in [0.5, 0.6) is 0 Å². The number of ether oxygens (including phenoxy) is 1. The minimum absolute atomic E-state index is 0.143. The fourth-order valence-corrected chi connectivity index (χ4v) is 3.54. The van der Waals surface area contributed by atoms with Crippen LogP contribution < -0.4 is 5.32 Å². The molecule has 1 unspecified atom stereocenters. The molecule has 0 bridgehead atoms. The van der Waals surface area contributed by atoms with E-state index in [0.717, 1.165) is 39.0 Å². The number of fused-ring (bicyclic) bond motifs is 1. The monoisotopic (exact) mass is 328 g/mol. The van der Waals surface area contributed by atoms with Crippen molar-refractivity contribution in [3.8, 4) is 0 Å². The van der Waals surface area contributed by atoms with Crippen molar-refractivity contribution < 1.29 is 9.53 Å². The lowest BCUT2D eigenvalue weighted by molar-refractivity contribution is -0.121. The molecular weight excluding hydrogens is 300 g/mol. The Labute approximate surface area is 144 Å². The van der Waals surface area contributed by atoms with Crippen molar-refractivity contribution in [2.24, 2.45) is 0 Å². The van der Waals surface area contributed by atoms with Crippen molar-refractivity contribution in [1.82, 2.24) is 9.88 Å². The van der Waals surface area contributed by atoms with Crippen LogP contribution in [0.4, 0.5) is 0 Å². The average molecular weight is 328 g/mol. The maximum Gasteiger partial charge on any atom is 0.221 e. The summed E-state index contributed by atoms with van der Waals surface area (Å²) in [7, 11) is 0. The van der Waals surface area contributed by atoms with Crippen molar-refractivity contribution in [2.45, 2.75) is 58.1 Å². The Bertz CT molecular complexity index is 671. The molecule has 2 aromatic rings. The van der Waals surface area contributed by atoms with E-state index in [2.05, 4.69) is 41.1 Å². The number of aryl methyl sites for hydroxylation is 2. The third-order valence-corrected chi connectivity index (χ3v) is 4.88. The molecule has 1 atom stereocenters. The van der Waals surface area contributed by atoms with E-state index in [-0.39, 0.29) is 5.91 Å². The molecule has 4 nitrogen and oxygen atoms in total. The minimum Gasteiger partial charge on any atom is -0.378 e. The van der Waals surface area contributed by atoms with Gasteiger partial charge in [-0.3, -0.25) is 4.79 Å². The van der Waals surface area contributed by atoms with Crippen LogP contribution in [-0.2, 0) is 16.1 Å². The predicted octanol–water partition coefficient (Wildman–Crippen LogP) is 3.81. The summed E-state index contributed by atoms with van der Waals surface area (Å²) in [5.41, 5.74) is 2.42. The number of para-hydroxylation sites is 1.